The Bertz CT molecular complexity index is 712. The van der Waals surface area contributed by atoms with Crippen molar-refractivity contribution in [2.24, 2.45) is 0 Å². The Hall–Kier alpha value is -2.37. The summed E-state index contributed by atoms with van der Waals surface area (Å²) in [6.07, 6.45) is 7.74. The molecule has 0 saturated carbocycles. The van der Waals surface area contributed by atoms with E-state index in [-0.39, 0.29) is 24.1 Å². The van der Waals surface area contributed by atoms with Gasteiger partial charge in [-0.1, -0.05) is 18.6 Å². The summed E-state index contributed by atoms with van der Waals surface area (Å²) in [5.41, 5.74) is 0.867. The highest BCUT2D eigenvalue weighted by atomic mass is 16.5. The first-order valence-electron chi connectivity index (χ1n) is 12.7. The monoisotopic (exact) mass is 497 g/mol. The van der Waals surface area contributed by atoms with Crippen molar-refractivity contribution in [3.05, 3.63) is 11.9 Å². The van der Waals surface area contributed by atoms with Crippen LogP contribution >= 0.6 is 0 Å². The van der Waals surface area contributed by atoms with E-state index in [1.807, 2.05) is 6.92 Å². The Morgan fingerprint density at radius 2 is 1.37 bits per heavy atom. The van der Waals surface area contributed by atoms with E-state index in [0.29, 0.717) is 65.6 Å². The fraction of sp³-hybridized carbons (Fsp3) is 0.792. The molecule has 0 radical (unpaired) electrons. The largest absolute Gasteiger partial charge is 0.379 e. The molecular weight excluding hydrogens is 454 g/mol. The molecule has 0 aliphatic carbocycles. The Morgan fingerprint density at radius 3 is 1.94 bits per heavy atom. The molecule has 11 heteroatoms. The van der Waals surface area contributed by atoms with Crippen LogP contribution in [0.25, 0.3) is 0 Å². The van der Waals surface area contributed by atoms with Gasteiger partial charge < -0.3 is 29.6 Å². The van der Waals surface area contributed by atoms with Gasteiger partial charge in [-0.3, -0.25) is 9.59 Å². The lowest BCUT2D eigenvalue weighted by Gasteiger charge is -2.08. The van der Waals surface area contributed by atoms with Gasteiger partial charge in [-0.2, -0.15) is 0 Å². The third kappa shape index (κ3) is 18.6. The second-order valence-electron chi connectivity index (χ2n) is 8.27. The Morgan fingerprint density at radius 1 is 0.800 bits per heavy atom. The number of rotatable bonds is 23. The molecule has 0 atom stereocenters. The van der Waals surface area contributed by atoms with E-state index in [1.54, 1.807) is 13.1 Å². The molecule has 0 fully saturated rings. The summed E-state index contributed by atoms with van der Waals surface area (Å²) in [5, 5.41) is 13.6. The number of aryl methyl sites for hydroxylation is 1. The van der Waals surface area contributed by atoms with E-state index in [1.165, 1.54) is 4.68 Å². The molecule has 0 aromatic carbocycles. The minimum atomic E-state index is -0.0965. The number of hydrogen-bond acceptors (Lipinski definition) is 8. The molecule has 0 unspecified atom stereocenters. The minimum absolute atomic E-state index is 0.0517. The lowest BCUT2D eigenvalue weighted by Crippen LogP contribution is -2.29. The van der Waals surface area contributed by atoms with Crippen molar-refractivity contribution in [3.63, 3.8) is 0 Å². The van der Waals surface area contributed by atoms with E-state index in [0.717, 1.165) is 44.2 Å². The van der Waals surface area contributed by atoms with Crippen LogP contribution in [-0.4, -0.2) is 85.3 Å². The van der Waals surface area contributed by atoms with Crippen LogP contribution in [-0.2, 0) is 41.6 Å². The molecule has 1 heterocycles. The lowest BCUT2D eigenvalue weighted by atomic mass is 10.1. The molecule has 35 heavy (non-hydrogen) atoms. The maximum absolute atomic E-state index is 11.8. The first-order chi connectivity index (χ1) is 17.0. The van der Waals surface area contributed by atoms with Crippen LogP contribution in [0, 0.1) is 0 Å². The predicted molar refractivity (Wildman–Crippen MR) is 131 cm³/mol. The van der Waals surface area contributed by atoms with Crippen molar-refractivity contribution in [3.8, 4) is 0 Å². The van der Waals surface area contributed by atoms with E-state index < -0.39 is 0 Å². The van der Waals surface area contributed by atoms with Crippen molar-refractivity contribution < 1.29 is 28.6 Å². The van der Waals surface area contributed by atoms with E-state index in [2.05, 4.69) is 20.9 Å². The molecule has 0 aliphatic rings. The lowest BCUT2D eigenvalue weighted by molar-refractivity contribution is -0.122. The van der Waals surface area contributed by atoms with Crippen LogP contribution in [0.5, 0.6) is 0 Å². The van der Waals surface area contributed by atoms with Crippen LogP contribution in [0.1, 0.15) is 64.5 Å². The zero-order valence-electron chi connectivity index (χ0n) is 21.4. The molecular formula is C24H43N5O6. The fourth-order valence-electron chi connectivity index (χ4n) is 3.05. The van der Waals surface area contributed by atoms with Crippen molar-refractivity contribution in [2.45, 2.75) is 71.8 Å². The standard InChI is InChI=1S/C24H43N5O6/c1-3-22-19-29(28-27-22)20-24(32)26-12-8-14-34-16-18-35-17-15-33-13-7-11-25-23(31)10-6-4-5-9-21(2)30/h19H,3-18,20H2,1-2H3,(H,25,31)(H,26,32). The summed E-state index contributed by atoms with van der Waals surface area (Å²) >= 11 is 0. The topological polar surface area (TPSA) is 134 Å². The molecule has 0 aliphatic heterocycles. The summed E-state index contributed by atoms with van der Waals surface area (Å²) in [6, 6.07) is 0. The Balaban J connectivity index is 1.77. The van der Waals surface area contributed by atoms with Crippen molar-refractivity contribution >= 4 is 17.6 Å². The van der Waals surface area contributed by atoms with Gasteiger partial charge in [0.05, 0.1) is 32.1 Å². The SMILES string of the molecule is CCc1cn(CC(=O)NCCCOCCOCCOCCCNC(=O)CCCCCC(C)=O)nn1. The number of unbranched alkanes of at least 4 members (excludes halogenated alkanes) is 2. The first-order valence-corrected chi connectivity index (χ1v) is 12.7. The zero-order chi connectivity index (χ0) is 25.6. The van der Waals surface area contributed by atoms with Crippen molar-refractivity contribution in [1.82, 2.24) is 25.6 Å². The van der Waals surface area contributed by atoms with E-state index >= 15 is 0 Å². The van der Waals surface area contributed by atoms with Gasteiger partial charge >= 0.3 is 0 Å². The van der Waals surface area contributed by atoms with Crippen LogP contribution in [0.15, 0.2) is 6.20 Å². The number of Topliss-reactive ketones (excluding diaryl/α,β-unsaturated/α-hetero) is 1. The Kier molecular flexibility index (Phi) is 18.4. The molecule has 2 N–H and O–H groups in total. The second-order valence-corrected chi connectivity index (χ2v) is 8.27. The molecule has 1 aromatic heterocycles. The van der Waals surface area contributed by atoms with E-state index in [9.17, 15) is 14.4 Å². The third-order valence-corrected chi connectivity index (χ3v) is 5.01. The quantitative estimate of drug-likeness (QED) is 0.217. The Labute approximate surface area is 208 Å². The van der Waals surface area contributed by atoms with Gasteiger partial charge in [0, 0.05) is 45.3 Å². The molecule has 0 saturated heterocycles. The van der Waals surface area contributed by atoms with Gasteiger partial charge in [-0.05, 0) is 39.0 Å². The van der Waals surface area contributed by atoms with Crippen LogP contribution in [0.4, 0.5) is 0 Å². The van der Waals surface area contributed by atoms with Gasteiger partial charge in [-0.15, -0.1) is 5.10 Å². The number of amides is 2. The molecule has 11 nitrogen and oxygen atoms in total. The maximum atomic E-state index is 11.8. The summed E-state index contributed by atoms with van der Waals surface area (Å²) < 4.78 is 18.0. The number of carbonyl (C=O) groups excluding carboxylic acids is 3. The molecule has 1 rings (SSSR count). The normalized spacial score (nSPS) is 10.9. The predicted octanol–water partition coefficient (Wildman–Crippen LogP) is 1.44. The third-order valence-electron chi connectivity index (χ3n) is 5.01. The van der Waals surface area contributed by atoms with Crippen LogP contribution in [0.2, 0.25) is 0 Å². The van der Waals surface area contributed by atoms with Crippen molar-refractivity contribution in [2.75, 3.05) is 52.7 Å². The minimum Gasteiger partial charge on any atom is -0.379 e. The molecule has 200 valence electrons. The van der Waals surface area contributed by atoms with Crippen LogP contribution in [0.3, 0.4) is 0 Å². The van der Waals surface area contributed by atoms with Gasteiger partial charge in [-0.25, -0.2) is 4.68 Å². The molecule has 1 aromatic rings. The number of ketones is 1. The highest BCUT2D eigenvalue weighted by Gasteiger charge is 2.05. The summed E-state index contributed by atoms with van der Waals surface area (Å²) in [5.74, 6) is 0.158. The number of nitrogens with one attached hydrogen (secondary N) is 2. The smallest absolute Gasteiger partial charge is 0.241 e. The number of ether oxygens (including phenoxy) is 3. The van der Waals surface area contributed by atoms with Gasteiger partial charge in [0.15, 0.2) is 0 Å². The summed E-state index contributed by atoms with van der Waals surface area (Å²) in [4.78, 5) is 34.4. The number of carbonyl (C=O) groups is 3. The molecule has 2 amide bonds. The summed E-state index contributed by atoms with van der Waals surface area (Å²) in [6.45, 7) is 8.00. The molecule has 0 bridgehead atoms. The summed E-state index contributed by atoms with van der Waals surface area (Å²) in [7, 11) is 0. The average molecular weight is 498 g/mol. The van der Waals surface area contributed by atoms with Gasteiger partial charge in [0.2, 0.25) is 11.8 Å². The first kappa shape index (κ1) is 30.7. The number of hydrogen-bond donors (Lipinski definition) is 2. The van der Waals surface area contributed by atoms with Gasteiger partial charge in [0.25, 0.3) is 0 Å². The fourth-order valence-corrected chi connectivity index (χ4v) is 3.05. The van der Waals surface area contributed by atoms with E-state index in [4.69, 9.17) is 14.2 Å². The highest BCUT2D eigenvalue weighted by molar-refractivity contribution is 5.76. The highest BCUT2D eigenvalue weighted by Crippen LogP contribution is 2.03. The average Bonchev–Trinajstić information content (AvgIpc) is 3.28. The number of nitrogens with zero attached hydrogens (tertiary/aromatic N) is 3. The maximum Gasteiger partial charge on any atom is 0.241 e. The molecule has 0 spiro atoms. The van der Waals surface area contributed by atoms with Crippen LogP contribution < -0.4 is 10.6 Å². The second kappa shape index (κ2) is 21.0. The number of aromatic nitrogens is 3. The zero-order valence-corrected chi connectivity index (χ0v) is 21.4. The van der Waals surface area contributed by atoms with Crippen molar-refractivity contribution in [1.29, 1.82) is 0 Å². The van der Waals surface area contributed by atoms with Gasteiger partial charge in [0.1, 0.15) is 12.3 Å².